The predicted molar refractivity (Wildman–Crippen MR) is 65.5 cm³/mol. The van der Waals surface area contributed by atoms with Crippen molar-refractivity contribution >= 4 is 11.7 Å². The van der Waals surface area contributed by atoms with Gasteiger partial charge in [0.05, 0.1) is 6.04 Å². The van der Waals surface area contributed by atoms with E-state index in [9.17, 15) is 14.3 Å². The molecule has 0 spiro atoms. The number of hydrogen-bond donors (Lipinski definition) is 3. The number of phenolic OH excluding ortho intramolecular Hbond substituents is 1. The zero-order chi connectivity index (χ0) is 14.0. The van der Waals surface area contributed by atoms with Gasteiger partial charge in [0.1, 0.15) is 17.1 Å². The predicted octanol–water partition coefficient (Wildman–Crippen LogP) is 0.882. The van der Waals surface area contributed by atoms with E-state index in [0.717, 1.165) is 6.07 Å². The van der Waals surface area contributed by atoms with Crippen molar-refractivity contribution in [3.05, 3.63) is 29.6 Å². The van der Waals surface area contributed by atoms with Crippen LogP contribution in [0.2, 0.25) is 0 Å². The fourth-order valence-electron chi connectivity index (χ4n) is 2.25. The molecule has 0 bridgehead atoms. The quantitative estimate of drug-likeness (QED) is 0.320. The van der Waals surface area contributed by atoms with E-state index in [2.05, 4.69) is 5.16 Å². The molecule has 4 N–H and O–H groups in total. The molecule has 102 valence electrons. The van der Waals surface area contributed by atoms with Crippen molar-refractivity contribution in [3.8, 4) is 5.75 Å². The maximum Gasteiger partial charge on any atom is 0.261 e. The highest BCUT2D eigenvalue weighted by molar-refractivity contribution is 6.00. The lowest BCUT2D eigenvalue weighted by Crippen LogP contribution is -2.44. The first-order valence-corrected chi connectivity index (χ1v) is 5.82. The Bertz CT molecular complexity index is 513. The second-order valence-corrected chi connectivity index (χ2v) is 4.32. The molecule has 1 amide bonds. The van der Waals surface area contributed by atoms with Gasteiger partial charge in [-0.2, -0.15) is 0 Å². The van der Waals surface area contributed by atoms with Gasteiger partial charge in [0.25, 0.3) is 5.91 Å². The zero-order valence-corrected chi connectivity index (χ0v) is 10.1. The van der Waals surface area contributed by atoms with Crippen LogP contribution in [0.25, 0.3) is 0 Å². The molecule has 2 rings (SSSR count). The minimum atomic E-state index is -0.796. The summed E-state index contributed by atoms with van der Waals surface area (Å²) < 4.78 is 13.6. The number of nitrogens with two attached hydrogens (primary N) is 1. The molecular formula is C12H14FN3O3. The number of halogens is 1. The van der Waals surface area contributed by atoms with E-state index in [-0.39, 0.29) is 11.4 Å². The fraction of sp³-hybridized carbons (Fsp3) is 0.333. The highest BCUT2D eigenvalue weighted by Gasteiger charge is 2.34. The maximum atomic E-state index is 13.6. The second kappa shape index (κ2) is 5.13. The largest absolute Gasteiger partial charge is 0.507 e. The van der Waals surface area contributed by atoms with Gasteiger partial charge in [0.15, 0.2) is 5.84 Å². The third-order valence-electron chi connectivity index (χ3n) is 3.18. The average Bonchev–Trinajstić information content (AvgIpc) is 2.86. The molecule has 1 atom stereocenters. The molecule has 1 aliphatic heterocycles. The second-order valence-electron chi connectivity index (χ2n) is 4.32. The summed E-state index contributed by atoms with van der Waals surface area (Å²) >= 11 is 0. The summed E-state index contributed by atoms with van der Waals surface area (Å²) in [5.41, 5.74) is 5.12. The average molecular weight is 267 g/mol. The first kappa shape index (κ1) is 13.1. The fourth-order valence-corrected chi connectivity index (χ4v) is 2.25. The van der Waals surface area contributed by atoms with Gasteiger partial charge in [-0.05, 0) is 25.0 Å². The Kier molecular flexibility index (Phi) is 3.55. The van der Waals surface area contributed by atoms with Crippen LogP contribution in [0.1, 0.15) is 23.2 Å². The van der Waals surface area contributed by atoms with Crippen LogP contribution >= 0.6 is 0 Å². The van der Waals surface area contributed by atoms with Crippen molar-refractivity contribution in [1.82, 2.24) is 4.90 Å². The van der Waals surface area contributed by atoms with Gasteiger partial charge in [0.2, 0.25) is 0 Å². The number of carbonyl (C=O) groups excluding carboxylic acids is 1. The van der Waals surface area contributed by atoms with Crippen LogP contribution in [0.3, 0.4) is 0 Å². The molecule has 0 aliphatic carbocycles. The van der Waals surface area contributed by atoms with E-state index in [1.54, 1.807) is 0 Å². The number of phenols is 1. The Morgan fingerprint density at radius 3 is 2.89 bits per heavy atom. The highest BCUT2D eigenvalue weighted by Crippen LogP contribution is 2.26. The summed E-state index contributed by atoms with van der Waals surface area (Å²) in [6, 6.07) is 3.08. The molecule has 7 heteroatoms. The standard InChI is InChI=1S/C12H14FN3O3/c13-7-3-1-5-9(17)10(7)12(18)16-6-2-4-8(16)11(14)15-19/h1,3,5,8,17,19H,2,4,6H2,(H2,14,15). The molecule has 19 heavy (non-hydrogen) atoms. The molecule has 1 aromatic carbocycles. The first-order valence-electron chi connectivity index (χ1n) is 5.82. The maximum absolute atomic E-state index is 13.6. The number of nitrogens with zero attached hydrogens (tertiary/aromatic N) is 2. The number of rotatable bonds is 2. The van der Waals surface area contributed by atoms with Crippen molar-refractivity contribution in [2.24, 2.45) is 10.9 Å². The van der Waals surface area contributed by atoms with Gasteiger partial charge in [0, 0.05) is 6.54 Å². The summed E-state index contributed by atoms with van der Waals surface area (Å²) in [6.07, 6.45) is 1.21. The van der Waals surface area contributed by atoms with E-state index < -0.39 is 23.5 Å². The van der Waals surface area contributed by atoms with Crippen LogP contribution in [0.4, 0.5) is 4.39 Å². The molecule has 1 fully saturated rings. The monoisotopic (exact) mass is 267 g/mol. The number of benzene rings is 1. The summed E-state index contributed by atoms with van der Waals surface area (Å²) in [7, 11) is 0. The van der Waals surface area contributed by atoms with Crippen molar-refractivity contribution in [1.29, 1.82) is 0 Å². The zero-order valence-electron chi connectivity index (χ0n) is 10.1. The molecule has 1 aliphatic rings. The van der Waals surface area contributed by atoms with E-state index in [1.807, 2.05) is 0 Å². The minimum Gasteiger partial charge on any atom is -0.507 e. The van der Waals surface area contributed by atoms with Crippen LogP contribution in [0, 0.1) is 5.82 Å². The Labute approximate surface area is 108 Å². The number of amides is 1. The van der Waals surface area contributed by atoms with E-state index >= 15 is 0 Å². The Hall–Kier alpha value is -2.31. The SMILES string of the molecule is N/C(=N/O)C1CCCN1C(=O)c1c(O)cccc1F. The van der Waals surface area contributed by atoms with Crippen LogP contribution in [-0.2, 0) is 0 Å². The third kappa shape index (κ3) is 2.31. The molecule has 1 aromatic rings. The number of aromatic hydroxyl groups is 1. The van der Waals surface area contributed by atoms with Gasteiger partial charge in [-0.3, -0.25) is 4.79 Å². The van der Waals surface area contributed by atoms with E-state index in [1.165, 1.54) is 17.0 Å². The van der Waals surface area contributed by atoms with Gasteiger partial charge in [-0.25, -0.2) is 4.39 Å². The lowest BCUT2D eigenvalue weighted by Gasteiger charge is -2.24. The number of amidine groups is 1. The lowest BCUT2D eigenvalue weighted by atomic mass is 10.1. The summed E-state index contributed by atoms with van der Waals surface area (Å²) in [5, 5.41) is 21.2. The minimum absolute atomic E-state index is 0.0957. The molecule has 1 unspecified atom stereocenters. The smallest absolute Gasteiger partial charge is 0.261 e. The number of carbonyl (C=O) groups is 1. The molecule has 0 radical (unpaired) electrons. The molecular weight excluding hydrogens is 253 g/mol. The Morgan fingerprint density at radius 2 is 2.26 bits per heavy atom. The van der Waals surface area contributed by atoms with Crippen LogP contribution in [0.15, 0.2) is 23.4 Å². The van der Waals surface area contributed by atoms with Gasteiger partial charge >= 0.3 is 0 Å². The van der Waals surface area contributed by atoms with E-state index in [0.29, 0.717) is 19.4 Å². The van der Waals surface area contributed by atoms with Crippen molar-refractivity contribution in [2.45, 2.75) is 18.9 Å². The van der Waals surface area contributed by atoms with Crippen LogP contribution in [-0.4, -0.2) is 39.5 Å². The van der Waals surface area contributed by atoms with Gasteiger partial charge in [-0.15, -0.1) is 0 Å². The summed E-state index contributed by atoms with van der Waals surface area (Å²) in [4.78, 5) is 13.6. The topological polar surface area (TPSA) is 99.2 Å². The summed E-state index contributed by atoms with van der Waals surface area (Å²) in [5.74, 6) is -1.98. The normalized spacial score (nSPS) is 19.7. The highest BCUT2D eigenvalue weighted by atomic mass is 19.1. The third-order valence-corrected chi connectivity index (χ3v) is 3.18. The summed E-state index contributed by atoms with van der Waals surface area (Å²) in [6.45, 7) is 0.369. The molecule has 6 nitrogen and oxygen atoms in total. The molecule has 1 saturated heterocycles. The number of oxime groups is 1. The molecule has 1 heterocycles. The Morgan fingerprint density at radius 1 is 1.53 bits per heavy atom. The van der Waals surface area contributed by atoms with Crippen molar-refractivity contribution < 1.29 is 19.5 Å². The Balaban J connectivity index is 2.34. The molecule has 0 saturated carbocycles. The number of likely N-dealkylation sites (tertiary alicyclic amines) is 1. The van der Waals surface area contributed by atoms with Crippen molar-refractivity contribution in [2.75, 3.05) is 6.54 Å². The van der Waals surface area contributed by atoms with Crippen LogP contribution in [0.5, 0.6) is 5.75 Å². The first-order chi connectivity index (χ1) is 9.06. The van der Waals surface area contributed by atoms with Gasteiger partial charge < -0.3 is 20.9 Å². The van der Waals surface area contributed by atoms with Crippen molar-refractivity contribution in [3.63, 3.8) is 0 Å². The van der Waals surface area contributed by atoms with Crippen LogP contribution < -0.4 is 5.73 Å². The number of hydrogen-bond acceptors (Lipinski definition) is 4. The lowest BCUT2D eigenvalue weighted by molar-refractivity contribution is 0.0760. The van der Waals surface area contributed by atoms with E-state index in [4.69, 9.17) is 10.9 Å². The van der Waals surface area contributed by atoms with Gasteiger partial charge in [-0.1, -0.05) is 11.2 Å². The molecule has 0 aromatic heterocycles.